The minimum atomic E-state index is -0.170. The Morgan fingerprint density at radius 3 is 2.41 bits per heavy atom. The molecule has 0 unspecified atom stereocenters. The number of hydrogen-bond acceptors (Lipinski definition) is 5. The van der Waals surface area contributed by atoms with Crippen molar-refractivity contribution in [2.45, 2.75) is 51.7 Å². The van der Waals surface area contributed by atoms with E-state index < -0.39 is 0 Å². The molecule has 2 aromatic rings. The van der Waals surface area contributed by atoms with Gasteiger partial charge in [-0.05, 0) is 63.8 Å². The number of ether oxygens (including phenoxy) is 2. The standard InChI is InChI=1S/C20H24ClN3O3/c1-12-10-13(2)23-20(22-12)27-16-7-5-15(6-8-16)24-19(25)17-11-14(21)4-9-18(17)26-3/h4,9-11,15-16H,5-8H2,1-3H3,(H,24,25). The van der Waals surface area contributed by atoms with Crippen molar-refractivity contribution in [2.75, 3.05) is 7.11 Å². The molecule has 1 aliphatic rings. The lowest BCUT2D eigenvalue weighted by molar-refractivity contribution is 0.0882. The number of benzene rings is 1. The lowest BCUT2D eigenvalue weighted by Crippen LogP contribution is -2.40. The van der Waals surface area contributed by atoms with E-state index in [9.17, 15) is 4.79 Å². The Morgan fingerprint density at radius 2 is 1.78 bits per heavy atom. The van der Waals surface area contributed by atoms with Gasteiger partial charge in [0.2, 0.25) is 0 Å². The SMILES string of the molecule is COc1ccc(Cl)cc1C(=O)NC1CCC(Oc2nc(C)cc(C)n2)CC1. The Balaban J connectivity index is 1.55. The molecule has 1 fully saturated rings. The summed E-state index contributed by atoms with van der Waals surface area (Å²) < 4.78 is 11.2. The molecule has 0 saturated heterocycles. The largest absolute Gasteiger partial charge is 0.496 e. The Bertz CT molecular complexity index is 800. The van der Waals surface area contributed by atoms with Crippen molar-refractivity contribution in [2.24, 2.45) is 0 Å². The normalized spacial score (nSPS) is 19.4. The molecule has 1 amide bonds. The van der Waals surface area contributed by atoms with Crippen LogP contribution in [0.2, 0.25) is 5.02 Å². The fraction of sp³-hybridized carbons (Fsp3) is 0.450. The summed E-state index contributed by atoms with van der Waals surface area (Å²) in [6, 6.07) is 7.48. The van der Waals surface area contributed by atoms with Crippen molar-refractivity contribution < 1.29 is 14.3 Å². The molecule has 7 heteroatoms. The second-order valence-corrected chi connectivity index (χ2v) is 7.28. The first-order chi connectivity index (χ1) is 12.9. The number of methoxy groups -OCH3 is 1. The van der Waals surface area contributed by atoms with Crippen LogP contribution in [0.3, 0.4) is 0 Å². The van der Waals surface area contributed by atoms with Gasteiger partial charge in [0.1, 0.15) is 11.9 Å². The molecule has 27 heavy (non-hydrogen) atoms. The van der Waals surface area contributed by atoms with Crippen molar-refractivity contribution in [3.8, 4) is 11.8 Å². The molecule has 1 heterocycles. The average molecular weight is 390 g/mol. The number of nitrogens with zero attached hydrogens (tertiary/aromatic N) is 2. The fourth-order valence-electron chi connectivity index (χ4n) is 3.34. The number of halogens is 1. The van der Waals surface area contributed by atoms with Crippen LogP contribution in [-0.2, 0) is 0 Å². The van der Waals surface area contributed by atoms with E-state index in [0.29, 0.717) is 22.3 Å². The van der Waals surface area contributed by atoms with Gasteiger partial charge in [-0.2, -0.15) is 0 Å². The van der Waals surface area contributed by atoms with Crippen LogP contribution in [0, 0.1) is 13.8 Å². The molecular formula is C20H24ClN3O3. The van der Waals surface area contributed by atoms with E-state index in [1.165, 1.54) is 7.11 Å². The first-order valence-electron chi connectivity index (χ1n) is 9.08. The van der Waals surface area contributed by atoms with E-state index in [-0.39, 0.29) is 18.1 Å². The maximum Gasteiger partial charge on any atom is 0.317 e. The van der Waals surface area contributed by atoms with Gasteiger partial charge in [0.25, 0.3) is 5.91 Å². The van der Waals surface area contributed by atoms with Gasteiger partial charge in [-0.25, -0.2) is 9.97 Å². The monoisotopic (exact) mass is 389 g/mol. The highest BCUT2D eigenvalue weighted by atomic mass is 35.5. The second kappa shape index (κ2) is 8.57. The minimum Gasteiger partial charge on any atom is -0.496 e. The van der Waals surface area contributed by atoms with Crippen LogP contribution in [0.1, 0.15) is 47.4 Å². The van der Waals surface area contributed by atoms with Gasteiger partial charge in [0.05, 0.1) is 12.7 Å². The van der Waals surface area contributed by atoms with Crippen LogP contribution in [-0.4, -0.2) is 35.1 Å². The Kier molecular flexibility index (Phi) is 6.16. The smallest absolute Gasteiger partial charge is 0.317 e. The number of carbonyl (C=O) groups is 1. The average Bonchev–Trinajstić information content (AvgIpc) is 2.62. The number of rotatable bonds is 5. The second-order valence-electron chi connectivity index (χ2n) is 6.84. The number of aryl methyl sites for hydroxylation is 2. The van der Waals surface area contributed by atoms with E-state index in [4.69, 9.17) is 21.1 Å². The van der Waals surface area contributed by atoms with Crippen molar-refractivity contribution in [3.63, 3.8) is 0 Å². The molecule has 0 atom stereocenters. The molecule has 1 aromatic carbocycles. The van der Waals surface area contributed by atoms with Crippen LogP contribution in [0.5, 0.6) is 11.8 Å². The summed E-state index contributed by atoms with van der Waals surface area (Å²) in [5.74, 6) is 0.345. The van der Waals surface area contributed by atoms with Gasteiger partial charge >= 0.3 is 6.01 Å². The summed E-state index contributed by atoms with van der Waals surface area (Å²) in [5, 5.41) is 3.58. The summed E-state index contributed by atoms with van der Waals surface area (Å²) in [5.41, 5.74) is 2.25. The third-order valence-electron chi connectivity index (χ3n) is 4.65. The number of hydrogen-bond donors (Lipinski definition) is 1. The van der Waals surface area contributed by atoms with Crippen LogP contribution in [0.4, 0.5) is 0 Å². The zero-order valence-corrected chi connectivity index (χ0v) is 16.5. The van der Waals surface area contributed by atoms with Crippen LogP contribution < -0.4 is 14.8 Å². The Hall–Kier alpha value is -2.34. The third kappa shape index (κ3) is 5.10. The summed E-state index contributed by atoms with van der Waals surface area (Å²) in [7, 11) is 1.54. The van der Waals surface area contributed by atoms with E-state index >= 15 is 0 Å². The molecule has 1 aromatic heterocycles. The first kappa shape index (κ1) is 19.4. The predicted octanol–water partition coefficient (Wildman–Crippen LogP) is 3.88. The number of amides is 1. The van der Waals surface area contributed by atoms with Crippen molar-refractivity contribution in [1.29, 1.82) is 0 Å². The molecule has 0 aliphatic heterocycles. The predicted molar refractivity (Wildman–Crippen MR) is 104 cm³/mol. The lowest BCUT2D eigenvalue weighted by atomic mass is 9.92. The van der Waals surface area contributed by atoms with Gasteiger partial charge in [-0.3, -0.25) is 4.79 Å². The van der Waals surface area contributed by atoms with E-state index in [1.54, 1.807) is 18.2 Å². The number of nitrogens with one attached hydrogen (secondary N) is 1. The van der Waals surface area contributed by atoms with Gasteiger partial charge in [0, 0.05) is 22.5 Å². The van der Waals surface area contributed by atoms with Gasteiger partial charge in [0.15, 0.2) is 0 Å². The number of carbonyl (C=O) groups excluding carboxylic acids is 1. The van der Waals surface area contributed by atoms with Gasteiger partial charge < -0.3 is 14.8 Å². The van der Waals surface area contributed by atoms with Crippen molar-refractivity contribution in [1.82, 2.24) is 15.3 Å². The first-order valence-corrected chi connectivity index (χ1v) is 9.45. The minimum absolute atomic E-state index is 0.0695. The Morgan fingerprint density at radius 1 is 1.11 bits per heavy atom. The molecule has 144 valence electrons. The van der Waals surface area contributed by atoms with Gasteiger partial charge in [-0.1, -0.05) is 11.6 Å². The summed E-state index contributed by atoms with van der Waals surface area (Å²) in [6.07, 6.45) is 3.43. The topological polar surface area (TPSA) is 73.3 Å². The summed E-state index contributed by atoms with van der Waals surface area (Å²) in [6.45, 7) is 3.86. The molecule has 0 spiro atoms. The highest BCUT2D eigenvalue weighted by molar-refractivity contribution is 6.31. The van der Waals surface area contributed by atoms with E-state index in [0.717, 1.165) is 37.1 Å². The third-order valence-corrected chi connectivity index (χ3v) is 4.88. The summed E-state index contributed by atoms with van der Waals surface area (Å²) >= 11 is 6.02. The molecule has 0 radical (unpaired) electrons. The highest BCUT2D eigenvalue weighted by Crippen LogP contribution is 2.25. The maximum absolute atomic E-state index is 12.6. The van der Waals surface area contributed by atoms with Crippen molar-refractivity contribution in [3.05, 3.63) is 46.2 Å². The highest BCUT2D eigenvalue weighted by Gasteiger charge is 2.25. The Labute approximate surface area is 164 Å². The zero-order valence-electron chi connectivity index (χ0n) is 15.8. The molecular weight excluding hydrogens is 366 g/mol. The molecule has 6 nitrogen and oxygen atoms in total. The summed E-state index contributed by atoms with van der Waals surface area (Å²) in [4.78, 5) is 21.3. The quantitative estimate of drug-likeness (QED) is 0.840. The fourth-order valence-corrected chi connectivity index (χ4v) is 3.51. The molecule has 3 rings (SSSR count). The lowest BCUT2D eigenvalue weighted by Gasteiger charge is -2.29. The van der Waals surface area contributed by atoms with Gasteiger partial charge in [-0.15, -0.1) is 0 Å². The van der Waals surface area contributed by atoms with Crippen LogP contribution in [0.25, 0.3) is 0 Å². The van der Waals surface area contributed by atoms with Crippen molar-refractivity contribution >= 4 is 17.5 Å². The molecule has 1 aliphatic carbocycles. The van der Waals surface area contributed by atoms with E-state index in [1.807, 2.05) is 19.9 Å². The molecule has 1 saturated carbocycles. The van der Waals surface area contributed by atoms with Crippen LogP contribution in [0.15, 0.2) is 24.3 Å². The number of aromatic nitrogens is 2. The zero-order chi connectivity index (χ0) is 19.4. The molecule has 0 bridgehead atoms. The van der Waals surface area contributed by atoms with Crippen LogP contribution >= 0.6 is 11.6 Å². The van der Waals surface area contributed by atoms with E-state index in [2.05, 4.69) is 15.3 Å². The maximum atomic E-state index is 12.6. The molecule has 1 N–H and O–H groups in total.